The highest BCUT2D eigenvalue weighted by Crippen LogP contribution is 2.23. The highest BCUT2D eigenvalue weighted by atomic mass is 79.9. The Morgan fingerprint density at radius 3 is 3.11 bits per heavy atom. The second kappa shape index (κ2) is 6.72. The van der Waals surface area contributed by atoms with Crippen LogP contribution in [0.5, 0.6) is 0 Å². The van der Waals surface area contributed by atoms with Gasteiger partial charge in [0.05, 0.1) is 6.61 Å². The Bertz CT molecular complexity index is 574. The summed E-state index contributed by atoms with van der Waals surface area (Å²) >= 11 is 4.54. The Morgan fingerprint density at radius 1 is 1.53 bits per heavy atom. The predicted molar refractivity (Wildman–Crippen MR) is 74.8 cm³/mol. The number of nitrogens with zero attached hydrogens (tertiary/aromatic N) is 2. The average Bonchev–Trinajstić information content (AvgIpc) is 2.85. The maximum absolute atomic E-state index is 11.2. The van der Waals surface area contributed by atoms with E-state index in [0.717, 1.165) is 21.8 Å². The summed E-state index contributed by atoms with van der Waals surface area (Å²) in [6.07, 6.45) is 0. The minimum absolute atomic E-state index is 0.161. The highest BCUT2D eigenvalue weighted by molar-refractivity contribution is 9.10. The highest BCUT2D eigenvalue weighted by Gasteiger charge is 2.11. The first kappa shape index (κ1) is 14.1. The summed E-state index contributed by atoms with van der Waals surface area (Å²) in [7, 11) is 0. The fourth-order valence-corrected chi connectivity index (χ4v) is 2.30. The number of carbonyl (C=O) groups is 1. The monoisotopic (exact) mass is 342 g/mol. The van der Waals surface area contributed by atoms with Gasteiger partial charge in [0.25, 0.3) is 5.22 Å². The summed E-state index contributed by atoms with van der Waals surface area (Å²) in [4.78, 5) is 15.4. The molecular weight excluding hydrogens is 332 g/mol. The zero-order valence-corrected chi connectivity index (χ0v) is 12.5. The topological polar surface area (TPSA) is 65.2 Å². The van der Waals surface area contributed by atoms with Crippen molar-refractivity contribution in [1.82, 2.24) is 10.1 Å². The van der Waals surface area contributed by atoms with Gasteiger partial charge in [-0.25, -0.2) is 0 Å². The van der Waals surface area contributed by atoms with Crippen LogP contribution in [0.15, 0.2) is 38.5 Å². The van der Waals surface area contributed by atoms with Crippen LogP contribution >= 0.6 is 27.7 Å². The Morgan fingerprint density at radius 2 is 2.37 bits per heavy atom. The molecule has 1 heterocycles. The summed E-state index contributed by atoms with van der Waals surface area (Å²) in [6, 6.07) is 7.58. The molecule has 0 aliphatic carbocycles. The second-order valence-corrected chi connectivity index (χ2v) is 5.33. The Hall–Kier alpha value is -1.34. The molecule has 0 saturated carbocycles. The van der Waals surface area contributed by atoms with Crippen LogP contribution in [-0.4, -0.2) is 28.5 Å². The zero-order chi connectivity index (χ0) is 13.7. The fraction of sp³-hybridized carbons (Fsp3) is 0.250. The molecule has 0 radical (unpaired) electrons. The van der Waals surface area contributed by atoms with Gasteiger partial charge in [-0.05, 0) is 19.1 Å². The largest absolute Gasteiger partial charge is 0.465 e. The molecule has 1 aromatic heterocycles. The van der Waals surface area contributed by atoms with Crippen LogP contribution in [0.25, 0.3) is 11.4 Å². The van der Waals surface area contributed by atoms with Crippen LogP contribution in [0.2, 0.25) is 0 Å². The number of ether oxygens (including phenoxy) is 1. The van der Waals surface area contributed by atoms with Gasteiger partial charge in [-0.1, -0.05) is 45.0 Å². The molecule has 0 N–H and O–H groups in total. The smallest absolute Gasteiger partial charge is 0.316 e. The molecule has 0 saturated heterocycles. The summed E-state index contributed by atoms with van der Waals surface area (Å²) in [5.74, 6) is 0.357. The molecule has 0 amide bonds. The molecule has 0 aliphatic rings. The SMILES string of the molecule is CCOC(=O)CSc1nc(-c2cccc(Br)c2)no1. The number of aromatic nitrogens is 2. The summed E-state index contributed by atoms with van der Waals surface area (Å²) in [5.41, 5.74) is 0.848. The van der Waals surface area contributed by atoms with Crippen molar-refractivity contribution < 1.29 is 14.1 Å². The Balaban J connectivity index is 2.01. The number of halogens is 1. The Labute approximate surface area is 122 Å². The maximum atomic E-state index is 11.2. The third-order valence-electron chi connectivity index (χ3n) is 2.11. The fourth-order valence-electron chi connectivity index (χ4n) is 1.34. The molecule has 5 nitrogen and oxygen atoms in total. The number of benzene rings is 1. The van der Waals surface area contributed by atoms with Crippen molar-refractivity contribution in [3.63, 3.8) is 0 Å². The van der Waals surface area contributed by atoms with Crippen molar-refractivity contribution >= 4 is 33.7 Å². The van der Waals surface area contributed by atoms with E-state index in [1.54, 1.807) is 6.92 Å². The molecule has 1 aromatic carbocycles. The molecule has 0 unspecified atom stereocenters. The van der Waals surface area contributed by atoms with Gasteiger partial charge < -0.3 is 9.26 Å². The average molecular weight is 343 g/mol. The normalized spacial score (nSPS) is 10.4. The van der Waals surface area contributed by atoms with Crippen LogP contribution in [0.4, 0.5) is 0 Å². The van der Waals surface area contributed by atoms with E-state index in [-0.39, 0.29) is 11.7 Å². The van der Waals surface area contributed by atoms with E-state index in [4.69, 9.17) is 9.26 Å². The third kappa shape index (κ3) is 4.07. The van der Waals surface area contributed by atoms with Crippen LogP contribution in [-0.2, 0) is 9.53 Å². The van der Waals surface area contributed by atoms with E-state index < -0.39 is 0 Å². The van der Waals surface area contributed by atoms with E-state index in [0.29, 0.717) is 17.7 Å². The molecule has 7 heteroatoms. The number of hydrogen-bond donors (Lipinski definition) is 0. The van der Waals surface area contributed by atoms with Crippen molar-refractivity contribution in [1.29, 1.82) is 0 Å². The number of rotatable bonds is 5. The van der Waals surface area contributed by atoms with E-state index >= 15 is 0 Å². The van der Waals surface area contributed by atoms with Crippen molar-refractivity contribution in [2.45, 2.75) is 12.1 Å². The van der Waals surface area contributed by atoms with Crippen LogP contribution in [0.1, 0.15) is 6.92 Å². The molecule has 19 heavy (non-hydrogen) atoms. The molecule has 0 aliphatic heterocycles. The minimum Gasteiger partial charge on any atom is -0.465 e. The summed E-state index contributed by atoms with van der Waals surface area (Å²) in [5, 5.41) is 4.22. The van der Waals surface area contributed by atoms with Gasteiger partial charge in [-0.15, -0.1) is 0 Å². The predicted octanol–water partition coefficient (Wildman–Crippen LogP) is 3.15. The van der Waals surface area contributed by atoms with Gasteiger partial charge in [0.15, 0.2) is 0 Å². The molecule has 0 spiro atoms. The second-order valence-electron chi connectivity index (χ2n) is 3.49. The number of hydrogen-bond acceptors (Lipinski definition) is 6. The van der Waals surface area contributed by atoms with Gasteiger partial charge in [0.1, 0.15) is 5.75 Å². The number of esters is 1. The first-order valence-corrected chi connectivity index (χ1v) is 7.35. The molecule has 2 rings (SSSR count). The first-order chi connectivity index (χ1) is 9.19. The van der Waals surface area contributed by atoms with Crippen LogP contribution in [0, 0.1) is 0 Å². The molecule has 2 aromatic rings. The summed E-state index contributed by atoms with van der Waals surface area (Å²) < 4.78 is 10.8. The lowest BCUT2D eigenvalue weighted by atomic mass is 10.2. The lowest BCUT2D eigenvalue weighted by molar-refractivity contribution is -0.139. The molecule has 0 bridgehead atoms. The minimum atomic E-state index is -0.297. The zero-order valence-electron chi connectivity index (χ0n) is 10.1. The van der Waals surface area contributed by atoms with Crippen molar-refractivity contribution in [3.05, 3.63) is 28.7 Å². The van der Waals surface area contributed by atoms with Gasteiger partial charge in [0, 0.05) is 10.0 Å². The maximum Gasteiger partial charge on any atom is 0.316 e. The Kier molecular flexibility index (Phi) is 4.98. The quantitative estimate of drug-likeness (QED) is 0.614. The van der Waals surface area contributed by atoms with Crippen LogP contribution < -0.4 is 0 Å². The van der Waals surface area contributed by atoms with Gasteiger partial charge in [-0.2, -0.15) is 4.98 Å². The summed E-state index contributed by atoms with van der Waals surface area (Å²) in [6.45, 7) is 2.13. The van der Waals surface area contributed by atoms with E-state index in [1.807, 2.05) is 24.3 Å². The lowest BCUT2D eigenvalue weighted by Gasteiger charge is -1.97. The molecule has 0 atom stereocenters. The van der Waals surface area contributed by atoms with Gasteiger partial charge in [0.2, 0.25) is 5.82 Å². The molecular formula is C12H11BrN2O3S. The van der Waals surface area contributed by atoms with E-state index in [1.165, 1.54) is 0 Å². The van der Waals surface area contributed by atoms with Crippen LogP contribution in [0.3, 0.4) is 0 Å². The lowest BCUT2D eigenvalue weighted by Crippen LogP contribution is -2.06. The van der Waals surface area contributed by atoms with E-state index in [9.17, 15) is 4.79 Å². The van der Waals surface area contributed by atoms with Gasteiger partial charge in [-0.3, -0.25) is 4.79 Å². The van der Waals surface area contributed by atoms with Gasteiger partial charge >= 0.3 is 5.97 Å². The molecule has 0 fully saturated rings. The number of carbonyl (C=O) groups excluding carboxylic acids is 1. The molecule has 100 valence electrons. The standard InChI is InChI=1S/C12H11BrN2O3S/c1-2-17-10(16)7-19-12-14-11(15-18-12)8-4-3-5-9(13)6-8/h3-6H,2,7H2,1H3. The number of thioether (sulfide) groups is 1. The van der Waals surface area contributed by atoms with E-state index in [2.05, 4.69) is 26.1 Å². The van der Waals surface area contributed by atoms with Crippen molar-refractivity contribution in [2.24, 2.45) is 0 Å². The first-order valence-electron chi connectivity index (χ1n) is 5.57. The van der Waals surface area contributed by atoms with Crippen molar-refractivity contribution in [3.8, 4) is 11.4 Å². The third-order valence-corrected chi connectivity index (χ3v) is 3.40. The van der Waals surface area contributed by atoms with Crippen molar-refractivity contribution in [2.75, 3.05) is 12.4 Å².